The van der Waals surface area contributed by atoms with Crippen molar-refractivity contribution in [1.82, 2.24) is 0 Å². The molecule has 0 saturated carbocycles. The van der Waals surface area contributed by atoms with Crippen molar-refractivity contribution < 1.29 is 23.7 Å². The number of ether oxygens (including phenoxy) is 5. The second-order valence-corrected chi connectivity index (χ2v) is 3.72. The van der Waals surface area contributed by atoms with E-state index >= 15 is 0 Å². The molecule has 0 spiro atoms. The van der Waals surface area contributed by atoms with E-state index in [1.165, 1.54) is 0 Å². The molecule has 0 radical (unpaired) electrons. The molecule has 0 amide bonds. The van der Waals surface area contributed by atoms with Gasteiger partial charge in [0.05, 0.1) is 12.7 Å². The summed E-state index contributed by atoms with van der Waals surface area (Å²) in [5, 5.41) is 0. The highest BCUT2D eigenvalue weighted by Crippen LogP contribution is 2.25. The fourth-order valence-corrected chi connectivity index (χ4v) is 2.02. The molecule has 0 aromatic heterocycles. The third kappa shape index (κ3) is 3.40. The van der Waals surface area contributed by atoms with Gasteiger partial charge in [0, 0.05) is 34.4 Å². The van der Waals surface area contributed by atoms with Crippen molar-refractivity contribution in [3.05, 3.63) is 0 Å². The maximum Gasteiger partial charge on any atom is 0.160 e. The van der Waals surface area contributed by atoms with Crippen LogP contribution in [0.1, 0.15) is 13.3 Å². The van der Waals surface area contributed by atoms with Crippen molar-refractivity contribution >= 4 is 0 Å². The first-order valence-electron chi connectivity index (χ1n) is 5.58. The zero-order chi connectivity index (χ0) is 12.0. The molecule has 5 nitrogen and oxygen atoms in total. The van der Waals surface area contributed by atoms with E-state index in [1.54, 1.807) is 21.3 Å². The molecule has 0 aliphatic carbocycles. The Bertz CT molecular complexity index is 187. The van der Waals surface area contributed by atoms with Crippen LogP contribution in [0.5, 0.6) is 0 Å². The van der Waals surface area contributed by atoms with Gasteiger partial charge in [-0.05, 0) is 6.92 Å². The van der Waals surface area contributed by atoms with Crippen molar-refractivity contribution in [2.75, 3.05) is 34.5 Å². The molecule has 0 aromatic rings. The van der Waals surface area contributed by atoms with Crippen LogP contribution in [-0.2, 0) is 23.7 Å². The summed E-state index contributed by atoms with van der Waals surface area (Å²) >= 11 is 0. The summed E-state index contributed by atoms with van der Waals surface area (Å²) in [6, 6.07) is 0. The molecule has 0 unspecified atom stereocenters. The predicted octanol–water partition coefficient (Wildman–Crippen LogP) is 0.814. The molecular weight excluding hydrogens is 212 g/mol. The minimum Gasteiger partial charge on any atom is -0.382 e. The third-order valence-corrected chi connectivity index (χ3v) is 2.74. The summed E-state index contributed by atoms with van der Waals surface area (Å²) in [6.45, 7) is 3.04. The molecule has 1 saturated heterocycles. The van der Waals surface area contributed by atoms with Gasteiger partial charge in [-0.1, -0.05) is 0 Å². The predicted molar refractivity (Wildman–Crippen MR) is 58.4 cm³/mol. The Morgan fingerprint density at radius 1 is 1.19 bits per heavy atom. The Kier molecular flexibility index (Phi) is 6.23. The first-order chi connectivity index (χ1) is 7.76. The summed E-state index contributed by atoms with van der Waals surface area (Å²) in [5.41, 5.74) is 0. The van der Waals surface area contributed by atoms with E-state index in [1.807, 2.05) is 6.92 Å². The van der Waals surface area contributed by atoms with Gasteiger partial charge in [0.2, 0.25) is 0 Å². The van der Waals surface area contributed by atoms with Crippen LogP contribution >= 0.6 is 0 Å². The summed E-state index contributed by atoms with van der Waals surface area (Å²) in [4.78, 5) is 0. The lowest BCUT2D eigenvalue weighted by Crippen LogP contribution is -2.52. The first kappa shape index (κ1) is 13.9. The Morgan fingerprint density at radius 3 is 2.44 bits per heavy atom. The van der Waals surface area contributed by atoms with Crippen LogP contribution in [0, 0.1) is 0 Å². The van der Waals surface area contributed by atoms with Gasteiger partial charge in [-0.25, -0.2) is 0 Å². The molecule has 5 heteroatoms. The van der Waals surface area contributed by atoms with Gasteiger partial charge in [-0.3, -0.25) is 0 Å². The highest BCUT2D eigenvalue weighted by molar-refractivity contribution is 4.85. The van der Waals surface area contributed by atoms with Gasteiger partial charge >= 0.3 is 0 Å². The average molecular weight is 234 g/mol. The van der Waals surface area contributed by atoms with E-state index in [-0.39, 0.29) is 24.6 Å². The number of hydrogen-bond acceptors (Lipinski definition) is 5. The largest absolute Gasteiger partial charge is 0.382 e. The first-order valence-corrected chi connectivity index (χ1v) is 5.58. The molecule has 1 rings (SSSR count). The topological polar surface area (TPSA) is 46.2 Å². The Labute approximate surface area is 97.0 Å². The molecule has 1 aliphatic heterocycles. The van der Waals surface area contributed by atoms with Crippen LogP contribution in [0.3, 0.4) is 0 Å². The molecular formula is C11H22O5. The van der Waals surface area contributed by atoms with Gasteiger partial charge in [0.25, 0.3) is 0 Å². The molecule has 96 valence electrons. The summed E-state index contributed by atoms with van der Waals surface area (Å²) in [7, 11) is 4.97. The number of rotatable bonds is 6. The lowest BCUT2D eigenvalue weighted by molar-refractivity contribution is -0.265. The summed E-state index contributed by atoms with van der Waals surface area (Å²) in [5.74, 6) is 0. The number of hydrogen-bond donors (Lipinski definition) is 0. The Hall–Kier alpha value is -0.200. The van der Waals surface area contributed by atoms with Crippen molar-refractivity contribution in [1.29, 1.82) is 0 Å². The molecule has 1 heterocycles. The van der Waals surface area contributed by atoms with E-state index in [0.717, 1.165) is 0 Å². The summed E-state index contributed by atoms with van der Waals surface area (Å²) < 4.78 is 27.1. The van der Waals surface area contributed by atoms with Crippen LogP contribution in [0.15, 0.2) is 0 Å². The average Bonchev–Trinajstić information content (AvgIpc) is 2.29. The molecule has 0 N–H and O–H groups in total. The maximum absolute atomic E-state index is 5.75. The standard InChI is InChI=1S/C11H22O5/c1-5-15-10-6-8(13-3)11(14-4)9(16-10)7-12-2/h8-11H,5-7H2,1-4H3/t8-,9-,10-,11+/m1/s1. The normalized spacial score (nSPS) is 35.2. The third-order valence-electron chi connectivity index (χ3n) is 2.74. The quantitative estimate of drug-likeness (QED) is 0.680. The van der Waals surface area contributed by atoms with Gasteiger partial charge in [-0.2, -0.15) is 0 Å². The second-order valence-electron chi connectivity index (χ2n) is 3.72. The fourth-order valence-electron chi connectivity index (χ4n) is 2.02. The minimum atomic E-state index is -0.235. The van der Waals surface area contributed by atoms with E-state index < -0.39 is 0 Å². The van der Waals surface area contributed by atoms with E-state index in [2.05, 4.69) is 0 Å². The second kappa shape index (κ2) is 7.19. The highest BCUT2D eigenvalue weighted by atomic mass is 16.7. The highest BCUT2D eigenvalue weighted by Gasteiger charge is 2.39. The smallest absolute Gasteiger partial charge is 0.160 e. The van der Waals surface area contributed by atoms with Crippen LogP contribution in [0.25, 0.3) is 0 Å². The molecule has 0 bridgehead atoms. The lowest BCUT2D eigenvalue weighted by atomic mass is 10.0. The van der Waals surface area contributed by atoms with Crippen molar-refractivity contribution in [3.8, 4) is 0 Å². The van der Waals surface area contributed by atoms with Crippen LogP contribution in [0.2, 0.25) is 0 Å². The van der Waals surface area contributed by atoms with Gasteiger partial charge < -0.3 is 23.7 Å². The van der Waals surface area contributed by atoms with Crippen molar-refractivity contribution in [2.24, 2.45) is 0 Å². The summed E-state index contributed by atoms with van der Waals surface area (Å²) in [6.07, 6.45) is 0.173. The molecule has 4 atom stereocenters. The van der Waals surface area contributed by atoms with Crippen molar-refractivity contribution in [2.45, 2.75) is 37.9 Å². The van der Waals surface area contributed by atoms with E-state index in [0.29, 0.717) is 19.6 Å². The SMILES string of the molecule is CCO[C@H]1C[C@@H](OC)[C@H](OC)[C@@H](COC)O1. The van der Waals surface area contributed by atoms with Gasteiger partial charge in [-0.15, -0.1) is 0 Å². The van der Waals surface area contributed by atoms with E-state index in [4.69, 9.17) is 23.7 Å². The van der Waals surface area contributed by atoms with Crippen LogP contribution in [-0.4, -0.2) is 59.1 Å². The Morgan fingerprint density at radius 2 is 1.94 bits per heavy atom. The molecule has 16 heavy (non-hydrogen) atoms. The molecule has 1 aliphatic rings. The van der Waals surface area contributed by atoms with Gasteiger partial charge in [0.15, 0.2) is 6.29 Å². The number of methoxy groups -OCH3 is 3. The van der Waals surface area contributed by atoms with E-state index in [9.17, 15) is 0 Å². The molecule has 0 aromatic carbocycles. The maximum atomic E-state index is 5.75. The Balaban J connectivity index is 2.62. The molecule has 1 fully saturated rings. The minimum absolute atomic E-state index is 0.0181. The fraction of sp³-hybridized carbons (Fsp3) is 1.00. The van der Waals surface area contributed by atoms with Crippen LogP contribution in [0.4, 0.5) is 0 Å². The monoisotopic (exact) mass is 234 g/mol. The zero-order valence-electron chi connectivity index (χ0n) is 10.5. The van der Waals surface area contributed by atoms with Crippen molar-refractivity contribution in [3.63, 3.8) is 0 Å². The lowest BCUT2D eigenvalue weighted by Gasteiger charge is -2.39. The van der Waals surface area contributed by atoms with Gasteiger partial charge in [0.1, 0.15) is 12.2 Å². The van der Waals surface area contributed by atoms with Crippen LogP contribution < -0.4 is 0 Å². The zero-order valence-corrected chi connectivity index (χ0v) is 10.5.